The van der Waals surface area contributed by atoms with Crippen molar-refractivity contribution in [2.75, 3.05) is 6.61 Å². The number of aryl methyl sites for hydroxylation is 2. The summed E-state index contributed by atoms with van der Waals surface area (Å²) in [6.07, 6.45) is 0.781. The summed E-state index contributed by atoms with van der Waals surface area (Å²) >= 11 is 0. The number of nitrogens with zero attached hydrogens (tertiary/aromatic N) is 1. The van der Waals surface area contributed by atoms with Crippen LogP contribution in [0.2, 0.25) is 0 Å². The van der Waals surface area contributed by atoms with E-state index >= 15 is 0 Å². The van der Waals surface area contributed by atoms with Crippen LogP contribution in [-0.2, 0) is 10.2 Å². The van der Waals surface area contributed by atoms with Gasteiger partial charge in [0.05, 0.1) is 18.2 Å². The number of nitrogens with one attached hydrogen (secondary N) is 1. The van der Waals surface area contributed by atoms with E-state index in [-0.39, 0.29) is 17.2 Å². The molecule has 4 heteroatoms. The second kappa shape index (κ2) is 8.99. The number of carbonyl (C=O) groups excluding carboxylic acids is 1. The van der Waals surface area contributed by atoms with Gasteiger partial charge in [-0.15, -0.1) is 0 Å². The van der Waals surface area contributed by atoms with Gasteiger partial charge >= 0.3 is 0 Å². The van der Waals surface area contributed by atoms with Crippen LogP contribution in [0.4, 0.5) is 0 Å². The first-order valence-corrected chi connectivity index (χ1v) is 11.2. The Morgan fingerprint density at radius 2 is 1.59 bits per heavy atom. The lowest BCUT2D eigenvalue weighted by Crippen LogP contribution is -2.26. The first-order chi connectivity index (χ1) is 15.4. The number of amides is 1. The van der Waals surface area contributed by atoms with Gasteiger partial charge in [0.25, 0.3) is 0 Å². The minimum absolute atomic E-state index is 0.0432. The summed E-state index contributed by atoms with van der Waals surface area (Å²) < 4.78 is 5.49. The summed E-state index contributed by atoms with van der Waals surface area (Å²) in [4.78, 5) is 13.2. The normalized spacial score (nSPS) is 17.0. The van der Waals surface area contributed by atoms with E-state index in [4.69, 9.17) is 4.74 Å². The molecule has 32 heavy (non-hydrogen) atoms. The van der Waals surface area contributed by atoms with E-state index in [0.717, 1.165) is 23.4 Å². The highest BCUT2D eigenvalue weighted by Gasteiger charge is 2.60. The molecule has 0 unspecified atom stereocenters. The van der Waals surface area contributed by atoms with E-state index in [0.29, 0.717) is 6.61 Å². The van der Waals surface area contributed by atoms with Gasteiger partial charge in [0.2, 0.25) is 5.91 Å². The van der Waals surface area contributed by atoms with E-state index < -0.39 is 0 Å². The number of benzene rings is 3. The smallest absolute Gasteiger partial charge is 0.244 e. The number of hydrogen-bond donors (Lipinski definition) is 1. The molecule has 0 aromatic heterocycles. The van der Waals surface area contributed by atoms with Gasteiger partial charge in [0.1, 0.15) is 5.75 Å². The molecule has 0 bridgehead atoms. The lowest BCUT2D eigenvalue weighted by Gasteiger charge is -2.20. The monoisotopic (exact) mass is 426 g/mol. The van der Waals surface area contributed by atoms with Gasteiger partial charge < -0.3 is 4.74 Å². The molecule has 4 nitrogen and oxygen atoms in total. The molecular formula is C28H30N2O2. The van der Waals surface area contributed by atoms with Gasteiger partial charge in [0.15, 0.2) is 0 Å². The molecule has 4 rings (SSSR count). The predicted molar refractivity (Wildman–Crippen MR) is 129 cm³/mol. The van der Waals surface area contributed by atoms with Crippen molar-refractivity contribution in [2.24, 2.45) is 11.0 Å². The SMILES string of the molecule is CCOc1ccc(/C(C)=N/NC(=O)[C@H]2CC2(c2cccc(C)c2)c2cccc(C)c2)cc1. The molecule has 1 saturated carbocycles. The van der Waals surface area contributed by atoms with Crippen LogP contribution in [-0.4, -0.2) is 18.2 Å². The van der Waals surface area contributed by atoms with Crippen LogP contribution >= 0.6 is 0 Å². The van der Waals surface area contributed by atoms with E-state index in [1.54, 1.807) is 0 Å². The molecule has 1 fully saturated rings. The van der Waals surface area contributed by atoms with E-state index in [1.165, 1.54) is 22.3 Å². The second-order valence-electron chi connectivity index (χ2n) is 8.60. The van der Waals surface area contributed by atoms with Crippen molar-refractivity contribution in [3.05, 3.63) is 101 Å². The Labute approximate surface area is 190 Å². The largest absolute Gasteiger partial charge is 0.494 e. The van der Waals surface area contributed by atoms with Crippen molar-refractivity contribution in [3.63, 3.8) is 0 Å². The number of ether oxygens (including phenoxy) is 1. The number of carbonyl (C=O) groups is 1. The van der Waals surface area contributed by atoms with E-state index in [1.807, 2.05) is 38.1 Å². The van der Waals surface area contributed by atoms with Crippen molar-refractivity contribution in [1.29, 1.82) is 0 Å². The van der Waals surface area contributed by atoms with E-state index in [2.05, 4.69) is 72.9 Å². The standard InChI is InChI=1S/C28H30N2O2/c1-5-32-25-14-12-22(13-15-25)21(4)29-30-27(31)26-18-28(26,23-10-6-8-19(2)16-23)24-11-7-9-20(3)17-24/h6-17,26H,5,18H2,1-4H3,(H,30,31)/b29-21+/t26-/m1/s1. The van der Waals surface area contributed by atoms with Crippen LogP contribution in [0.25, 0.3) is 0 Å². The average molecular weight is 427 g/mol. The molecule has 1 amide bonds. The fraction of sp³-hybridized carbons (Fsp3) is 0.286. The highest BCUT2D eigenvalue weighted by atomic mass is 16.5. The van der Waals surface area contributed by atoms with Gasteiger partial charge in [-0.2, -0.15) is 5.10 Å². The summed E-state index contributed by atoms with van der Waals surface area (Å²) in [5.41, 5.74) is 9.02. The first kappa shape index (κ1) is 21.8. The number of hydrogen-bond acceptors (Lipinski definition) is 3. The minimum Gasteiger partial charge on any atom is -0.494 e. The third-order valence-electron chi connectivity index (χ3n) is 6.26. The van der Waals surface area contributed by atoms with E-state index in [9.17, 15) is 4.79 Å². The molecule has 0 heterocycles. The Hall–Kier alpha value is -3.40. The van der Waals surface area contributed by atoms with Crippen LogP contribution in [0, 0.1) is 19.8 Å². The van der Waals surface area contributed by atoms with Crippen molar-refractivity contribution in [3.8, 4) is 5.75 Å². The van der Waals surface area contributed by atoms with Crippen LogP contribution in [0.5, 0.6) is 5.75 Å². The van der Waals surface area contributed by atoms with Crippen molar-refractivity contribution >= 4 is 11.6 Å². The van der Waals surface area contributed by atoms with Crippen molar-refractivity contribution < 1.29 is 9.53 Å². The number of hydrazone groups is 1. The maximum Gasteiger partial charge on any atom is 0.244 e. The molecule has 1 atom stereocenters. The maximum atomic E-state index is 13.2. The zero-order chi connectivity index (χ0) is 22.7. The molecule has 3 aromatic rings. The molecule has 164 valence electrons. The van der Waals surface area contributed by atoms with Gasteiger partial charge in [-0.3, -0.25) is 4.79 Å². The number of rotatable bonds is 7. The third kappa shape index (κ3) is 4.31. The quantitative estimate of drug-likeness (QED) is 0.398. The summed E-state index contributed by atoms with van der Waals surface area (Å²) in [5, 5.41) is 4.40. The van der Waals surface area contributed by atoms with Gasteiger partial charge in [-0.05, 0) is 75.1 Å². The Bertz CT molecular complexity index is 1100. The van der Waals surface area contributed by atoms with Crippen molar-refractivity contribution in [1.82, 2.24) is 5.43 Å². The van der Waals surface area contributed by atoms with Gasteiger partial charge in [-0.25, -0.2) is 5.43 Å². The zero-order valence-corrected chi connectivity index (χ0v) is 19.2. The van der Waals surface area contributed by atoms with Crippen LogP contribution < -0.4 is 10.2 Å². The summed E-state index contributed by atoms with van der Waals surface area (Å²) in [7, 11) is 0. The van der Waals surface area contributed by atoms with Crippen molar-refractivity contribution in [2.45, 2.75) is 39.5 Å². The Morgan fingerprint density at radius 1 is 1.00 bits per heavy atom. The fourth-order valence-corrected chi connectivity index (χ4v) is 4.47. The second-order valence-corrected chi connectivity index (χ2v) is 8.60. The highest BCUT2D eigenvalue weighted by molar-refractivity contribution is 5.99. The Kier molecular flexibility index (Phi) is 6.13. The van der Waals surface area contributed by atoms with Gasteiger partial charge in [-0.1, -0.05) is 59.7 Å². The molecule has 0 radical (unpaired) electrons. The Balaban J connectivity index is 1.56. The van der Waals surface area contributed by atoms with Crippen LogP contribution in [0.15, 0.2) is 77.9 Å². The lowest BCUT2D eigenvalue weighted by molar-refractivity contribution is -0.122. The predicted octanol–water partition coefficient (Wildman–Crippen LogP) is 5.55. The highest BCUT2D eigenvalue weighted by Crippen LogP contribution is 2.59. The summed E-state index contributed by atoms with van der Waals surface area (Å²) in [6, 6.07) is 24.7. The molecule has 0 spiro atoms. The molecule has 0 aliphatic heterocycles. The maximum absolute atomic E-state index is 13.2. The van der Waals surface area contributed by atoms with Gasteiger partial charge in [0, 0.05) is 5.41 Å². The lowest BCUT2D eigenvalue weighted by atomic mass is 9.84. The minimum atomic E-state index is -0.301. The molecule has 1 aliphatic rings. The summed E-state index contributed by atoms with van der Waals surface area (Å²) in [6.45, 7) is 8.68. The van der Waals surface area contributed by atoms with Crippen LogP contribution in [0.1, 0.15) is 48.1 Å². The molecule has 1 N–H and O–H groups in total. The third-order valence-corrected chi connectivity index (χ3v) is 6.26. The average Bonchev–Trinajstić information content (AvgIpc) is 3.55. The first-order valence-electron chi connectivity index (χ1n) is 11.2. The molecule has 0 saturated heterocycles. The molecule has 3 aromatic carbocycles. The Morgan fingerprint density at radius 3 is 2.12 bits per heavy atom. The zero-order valence-electron chi connectivity index (χ0n) is 19.2. The molecular weight excluding hydrogens is 396 g/mol. The fourth-order valence-electron chi connectivity index (χ4n) is 4.47. The molecule has 1 aliphatic carbocycles. The van der Waals surface area contributed by atoms with Crippen LogP contribution in [0.3, 0.4) is 0 Å². The summed E-state index contributed by atoms with van der Waals surface area (Å²) in [5.74, 6) is 0.633. The topological polar surface area (TPSA) is 50.7 Å².